The first kappa shape index (κ1) is 23.8. The van der Waals surface area contributed by atoms with Crippen LogP contribution in [0.4, 0.5) is 10.5 Å². The zero-order valence-corrected chi connectivity index (χ0v) is 21.4. The van der Waals surface area contributed by atoms with Gasteiger partial charge in [0.15, 0.2) is 5.60 Å². The Kier molecular flexibility index (Phi) is 5.66. The summed E-state index contributed by atoms with van der Waals surface area (Å²) in [5.74, 6) is -0.158. The number of ether oxygens (including phenoxy) is 2. The monoisotopic (exact) mass is 503 g/mol. The molecule has 0 radical (unpaired) electrons. The van der Waals surface area contributed by atoms with Crippen LogP contribution < -0.4 is 4.90 Å². The Balaban J connectivity index is 1.11. The van der Waals surface area contributed by atoms with E-state index >= 15 is 0 Å². The van der Waals surface area contributed by atoms with Crippen molar-refractivity contribution >= 4 is 23.7 Å². The lowest BCUT2D eigenvalue weighted by molar-refractivity contribution is -0.134. The Morgan fingerprint density at radius 1 is 0.892 bits per heavy atom. The minimum atomic E-state index is -0.715. The van der Waals surface area contributed by atoms with Crippen LogP contribution in [0, 0.1) is 0 Å². The third-order valence-corrected chi connectivity index (χ3v) is 8.26. The van der Waals surface area contributed by atoms with Crippen molar-refractivity contribution in [1.29, 1.82) is 0 Å². The highest BCUT2D eigenvalue weighted by Crippen LogP contribution is 2.52. The van der Waals surface area contributed by atoms with Gasteiger partial charge in [-0.15, -0.1) is 0 Å². The van der Waals surface area contributed by atoms with Crippen LogP contribution in [0.5, 0.6) is 0 Å². The maximum absolute atomic E-state index is 13.8. The highest BCUT2D eigenvalue weighted by Gasteiger charge is 2.57. The van der Waals surface area contributed by atoms with E-state index in [0.29, 0.717) is 38.2 Å². The molecule has 1 atom stereocenters. The molecule has 3 heterocycles. The summed E-state index contributed by atoms with van der Waals surface area (Å²) in [5.41, 5.74) is 2.47. The highest BCUT2D eigenvalue weighted by atomic mass is 16.6. The summed E-state index contributed by atoms with van der Waals surface area (Å²) in [6, 6.07) is 15.9. The average Bonchev–Trinajstić information content (AvgIpc) is 3.54. The number of piperazine rings is 1. The molecule has 8 heteroatoms. The normalized spacial score (nSPS) is 23.9. The molecule has 6 rings (SSSR count). The van der Waals surface area contributed by atoms with E-state index in [1.165, 1.54) is 0 Å². The van der Waals surface area contributed by atoms with Crippen molar-refractivity contribution in [2.45, 2.75) is 50.2 Å². The minimum absolute atomic E-state index is 0.120. The minimum Gasteiger partial charge on any atom is -0.449 e. The molecule has 3 fully saturated rings. The molecule has 1 aliphatic carbocycles. The summed E-state index contributed by atoms with van der Waals surface area (Å²) in [6.07, 6.45) is 1.93. The number of carbonyl (C=O) groups excluding carboxylic acids is 3. The van der Waals surface area contributed by atoms with E-state index in [1.807, 2.05) is 36.9 Å². The van der Waals surface area contributed by atoms with Crippen molar-refractivity contribution in [3.8, 4) is 0 Å². The molecule has 37 heavy (non-hydrogen) atoms. The average molecular weight is 504 g/mol. The van der Waals surface area contributed by atoms with E-state index in [0.717, 1.165) is 42.7 Å². The molecule has 1 spiro atoms. The second-order valence-corrected chi connectivity index (χ2v) is 10.9. The van der Waals surface area contributed by atoms with E-state index < -0.39 is 11.0 Å². The second-order valence-electron chi connectivity index (χ2n) is 10.9. The van der Waals surface area contributed by atoms with Gasteiger partial charge in [-0.2, -0.15) is 0 Å². The van der Waals surface area contributed by atoms with Gasteiger partial charge in [0.25, 0.3) is 0 Å². The largest absolute Gasteiger partial charge is 0.449 e. The van der Waals surface area contributed by atoms with Crippen molar-refractivity contribution in [2.24, 2.45) is 0 Å². The molecule has 194 valence electrons. The molecule has 2 aromatic carbocycles. The number of rotatable bonds is 4. The van der Waals surface area contributed by atoms with Crippen molar-refractivity contribution in [3.05, 3.63) is 65.2 Å². The molecule has 8 nitrogen and oxygen atoms in total. The Morgan fingerprint density at radius 3 is 2.27 bits per heavy atom. The molecule has 2 amide bonds. The molecule has 1 unspecified atom stereocenters. The second kappa shape index (κ2) is 8.78. The summed E-state index contributed by atoms with van der Waals surface area (Å²) in [5, 5.41) is 0. The number of hydrogen-bond donors (Lipinski definition) is 0. The maximum atomic E-state index is 13.8. The van der Waals surface area contributed by atoms with Crippen LogP contribution in [0.3, 0.4) is 0 Å². The smallest absolute Gasteiger partial charge is 0.410 e. The summed E-state index contributed by atoms with van der Waals surface area (Å²) >= 11 is 0. The Hall–Kier alpha value is -3.55. The molecule has 2 aromatic rings. The van der Waals surface area contributed by atoms with Crippen LogP contribution in [-0.4, -0.2) is 73.1 Å². The van der Waals surface area contributed by atoms with Crippen molar-refractivity contribution in [2.75, 3.05) is 44.2 Å². The first-order valence-electron chi connectivity index (χ1n) is 13.2. The fraction of sp³-hybridized carbons (Fsp3) is 0.483. The fourth-order valence-corrected chi connectivity index (χ4v) is 6.07. The van der Waals surface area contributed by atoms with E-state index in [-0.39, 0.29) is 24.1 Å². The number of esters is 1. The van der Waals surface area contributed by atoms with Crippen molar-refractivity contribution < 1.29 is 23.9 Å². The molecule has 1 saturated carbocycles. The van der Waals surface area contributed by atoms with E-state index in [2.05, 4.69) is 29.2 Å². The van der Waals surface area contributed by atoms with Crippen LogP contribution in [0.25, 0.3) is 0 Å². The fourth-order valence-electron chi connectivity index (χ4n) is 6.07. The number of nitrogens with zero attached hydrogens (tertiary/aromatic N) is 3. The number of likely N-dealkylation sites (tertiary alicyclic amines) is 1. The molecule has 0 aromatic heterocycles. The Morgan fingerprint density at radius 2 is 1.59 bits per heavy atom. The Bertz CT molecular complexity index is 1230. The van der Waals surface area contributed by atoms with Gasteiger partial charge >= 0.3 is 12.1 Å². The van der Waals surface area contributed by atoms with Crippen LogP contribution in [0.2, 0.25) is 0 Å². The van der Waals surface area contributed by atoms with Crippen molar-refractivity contribution in [1.82, 2.24) is 9.80 Å². The van der Waals surface area contributed by atoms with Gasteiger partial charge in [0.2, 0.25) is 5.91 Å². The molecule has 4 aliphatic rings. The number of hydrogen-bond acceptors (Lipinski definition) is 6. The van der Waals surface area contributed by atoms with E-state index in [9.17, 15) is 14.4 Å². The SMILES string of the molecule is CC(C)OC(=O)N1CCN(c2ccc(C3(C(=O)N4CCC5(C4)OC(=O)c4ccccc45)CC3)cc2)CC1. The Labute approximate surface area is 217 Å². The van der Waals surface area contributed by atoms with Gasteiger partial charge in [-0.25, -0.2) is 9.59 Å². The molecular formula is C29H33N3O5. The zero-order chi connectivity index (χ0) is 25.8. The number of benzene rings is 2. The number of fused-ring (bicyclic) bond motifs is 2. The lowest BCUT2D eigenvalue weighted by Gasteiger charge is -2.36. The van der Waals surface area contributed by atoms with Crippen LogP contribution in [-0.2, 0) is 25.3 Å². The predicted molar refractivity (Wildman–Crippen MR) is 137 cm³/mol. The van der Waals surface area contributed by atoms with Gasteiger partial charge in [-0.05, 0) is 50.5 Å². The summed E-state index contributed by atoms with van der Waals surface area (Å²) in [7, 11) is 0. The molecule has 0 bridgehead atoms. The predicted octanol–water partition coefficient (Wildman–Crippen LogP) is 3.68. The van der Waals surface area contributed by atoms with Gasteiger partial charge in [-0.1, -0.05) is 30.3 Å². The van der Waals surface area contributed by atoms with E-state index in [4.69, 9.17) is 9.47 Å². The first-order valence-corrected chi connectivity index (χ1v) is 13.2. The third-order valence-electron chi connectivity index (χ3n) is 8.26. The van der Waals surface area contributed by atoms with Gasteiger partial charge < -0.3 is 24.2 Å². The topological polar surface area (TPSA) is 79.4 Å². The van der Waals surface area contributed by atoms with Gasteiger partial charge in [0.05, 0.1) is 23.6 Å². The van der Waals surface area contributed by atoms with Gasteiger partial charge in [0.1, 0.15) is 0 Å². The summed E-state index contributed by atoms with van der Waals surface area (Å²) in [6.45, 7) is 7.45. The zero-order valence-electron chi connectivity index (χ0n) is 21.4. The summed E-state index contributed by atoms with van der Waals surface area (Å²) in [4.78, 5) is 44.3. The lowest BCUT2D eigenvalue weighted by atomic mass is 9.91. The van der Waals surface area contributed by atoms with Crippen LogP contribution >= 0.6 is 0 Å². The molecule has 0 N–H and O–H groups in total. The van der Waals surface area contributed by atoms with Crippen molar-refractivity contribution in [3.63, 3.8) is 0 Å². The molecule has 2 saturated heterocycles. The first-order chi connectivity index (χ1) is 17.8. The number of amides is 2. The lowest BCUT2D eigenvalue weighted by Crippen LogP contribution is -2.49. The number of anilines is 1. The third kappa shape index (κ3) is 4.03. The van der Waals surface area contributed by atoms with Gasteiger partial charge in [0, 0.05) is 50.4 Å². The highest BCUT2D eigenvalue weighted by molar-refractivity contribution is 5.96. The molecular weight excluding hydrogens is 470 g/mol. The van der Waals surface area contributed by atoms with Crippen LogP contribution in [0.1, 0.15) is 54.6 Å². The quantitative estimate of drug-likeness (QED) is 0.593. The van der Waals surface area contributed by atoms with Crippen LogP contribution in [0.15, 0.2) is 48.5 Å². The maximum Gasteiger partial charge on any atom is 0.410 e. The number of carbonyl (C=O) groups is 3. The molecule has 3 aliphatic heterocycles. The van der Waals surface area contributed by atoms with E-state index in [1.54, 1.807) is 11.0 Å². The summed E-state index contributed by atoms with van der Waals surface area (Å²) < 4.78 is 11.2. The standard InChI is InChI=1S/C29H33N3O5/c1-20(2)36-27(35)31-17-15-30(16-18-31)22-9-7-21(8-10-22)28(11-12-28)26(34)32-14-13-29(19-32)24-6-4-3-5-23(24)25(33)37-29/h3-10,20H,11-19H2,1-2H3. The van der Waals surface area contributed by atoms with Gasteiger partial charge in [-0.3, -0.25) is 4.79 Å².